The maximum Gasteiger partial charge on any atom is 0.187 e. The number of aliphatic hydroxyl groups excluding tert-OH is 9. The SMILES string of the molecule is O=C[C@H](O[C@H]1O[C@H](CO[C@H]2O[C@H](CO)[C@@H](O)[C@H](O)[C@H]2O)[C@@H](O)[C@H](O)[C@H]1O)[C@H](O)CO. The fourth-order valence-electron chi connectivity index (χ4n) is 3.03. The summed E-state index contributed by atoms with van der Waals surface area (Å²) in [5.74, 6) is 0. The van der Waals surface area contributed by atoms with Gasteiger partial charge in [0, 0.05) is 0 Å². The molecular weight excluding hydrogens is 416 g/mol. The molecule has 14 nitrogen and oxygen atoms in total. The van der Waals surface area contributed by atoms with Crippen molar-refractivity contribution in [2.24, 2.45) is 0 Å². The Bertz CT molecular complexity index is 534. The molecule has 0 saturated carbocycles. The predicted molar refractivity (Wildman–Crippen MR) is 90.4 cm³/mol. The van der Waals surface area contributed by atoms with Gasteiger partial charge in [0.2, 0.25) is 0 Å². The first-order chi connectivity index (χ1) is 14.2. The zero-order valence-electron chi connectivity index (χ0n) is 15.7. The molecule has 2 rings (SSSR count). The van der Waals surface area contributed by atoms with Crippen LogP contribution in [-0.2, 0) is 23.7 Å². The number of aldehydes is 1. The number of carbonyl (C=O) groups excluding carboxylic acids is 1. The number of carbonyl (C=O) groups is 1. The maximum atomic E-state index is 11.0. The minimum absolute atomic E-state index is 0.147. The fourth-order valence-corrected chi connectivity index (χ4v) is 3.03. The van der Waals surface area contributed by atoms with Crippen LogP contribution in [0, 0.1) is 0 Å². The summed E-state index contributed by atoms with van der Waals surface area (Å²) in [5, 5.41) is 87.2. The average molecular weight is 444 g/mol. The van der Waals surface area contributed by atoms with E-state index in [-0.39, 0.29) is 6.29 Å². The number of ether oxygens (including phenoxy) is 4. The van der Waals surface area contributed by atoms with Crippen LogP contribution in [-0.4, -0.2) is 146 Å². The van der Waals surface area contributed by atoms with Crippen LogP contribution in [0.1, 0.15) is 0 Å². The summed E-state index contributed by atoms with van der Waals surface area (Å²) in [6.45, 7) is -2.10. The van der Waals surface area contributed by atoms with Gasteiger partial charge in [0.25, 0.3) is 0 Å². The first-order valence-corrected chi connectivity index (χ1v) is 9.17. The molecule has 2 saturated heterocycles. The Labute approximate surface area is 170 Å². The average Bonchev–Trinajstić information content (AvgIpc) is 2.75. The van der Waals surface area contributed by atoms with Gasteiger partial charge in [-0.05, 0) is 0 Å². The van der Waals surface area contributed by atoms with Gasteiger partial charge in [-0.15, -0.1) is 0 Å². The quantitative estimate of drug-likeness (QED) is 0.150. The van der Waals surface area contributed by atoms with Crippen molar-refractivity contribution in [2.45, 2.75) is 73.6 Å². The van der Waals surface area contributed by atoms with E-state index in [1.165, 1.54) is 0 Å². The van der Waals surface area contributed by atoms with Gasteiger partial charge in [-0.1, -0.05) is 0 Å². The monoisotopic (exact) mass is 444 g/mol. The minimum atomic E-state index is -1.82. The van der Waals surface area contributed by atoms with E-state index in [4.69, 9.17) is 24.1 Å². The van der Waals surface area contributed by atoms with E-state index >= 15 is 0 Å². The highest BCUT2D eigenvalue weighted by Gasteiger charge is 2.48. The van der Waals surface area contributed by atoms with Gasteiger partial charge in [-0.2, -0.15) is 0 Å². The number of hydrogen-bond acceptors (Lipinski definition) is 14. The third kappa shape index (κ3) is 5.49. The number of hydrogen-bond donors (Lipinski definition) is 9. The molecule has 9 N–H and O–H groups in total. The predicted octanol–water partition coefficient (Wildman–Crippen LogP) is -6.45. The van der Waals surface area contributed by atoms with Crippen LogP contribution < -0.4 is 0 Å². The van der Waals surface area contributed by atoms with Crippen LogP contribution in [0.4, 0.5) is 0 Å². The van der Waals surface area contributed by atoms with Crippen molar-refractivity contribution in [3.8, 4) is 0 Å². The fraction of sp³-hybridized carbons (Fsp3) is 0.938. The smallest absolute Gasteiger partial charge is 0.187 e. The molecule has 30 heavy (non-hydrogen) atoms. The highest BCUT2D eigenvalue weighted by Crippen LogP contribution is 2.26. The third-order valence-corrected chi connectivity index (χ3v) is 4.93. The molecule has 2 aliphatic rings. The Hall–Kier alpha value is -0.850. The Morgan fingerprint density at radius 1 is 0.800 bits per heavy atom. The van der Waals surface area contributed by atoms with E-state index in [0.29, 0.717) is 0 Å². The molecular formula is C16H28O14. The molecule has 2 fully saturated rings. The van der Waals surface area contributed by atoms with E-state index < -0.39 is 93.4 Å². The summed E-state index contributed by atoms with van der Waals surface area (Å²) in [5.41, 5.74) is 0. The molecule has 14 heteroatoms. The van der Waals surface area contributed by atoms with Gasteiger partial charge in [0.15, 0.2) is 18.9 Å². The Morgan fingerprint density at radius 2 is 1.33 bits per heavy atom. The zero-order valence-corrected chi connectivity index (χ0v) is 15.7. The van der Waals surface area contributed by atoms with Gasteiger partial charge in [0.05, 0.1) is 19.8 Å². The molecule has 0 amide bonds. The van der Waals surface area contributed by atoms with Crippen LogP contribution in [0.15, 0.2) is 0 Å². The van der Waals surface area contributed by atoms with Crippen molar-refractivity contribution >= 4 is 6.29 Å². The Kier molecular flexibility index (Phi) is 9.44. The highest BCUT2D eigenvalue weighted by atomic mass is 16.7. The van der Waals surface area contributed by atoms with Gasteiger partial charge in [-0.25, -0.2) is 0 Å². The molecule has 12 atom stereocenters. The van der Waals surface area contributed by atoms with Crippen LogP contribution in [0.2, 0.25) is 0 Å². The van der Waals surface area contributed by atoms with Gasteiger partial charge < -0.3 is 69.7 Å². The lowest BCUT2D eigenvalue weighted by molar-refractivity contribution is -0.336. The van der Waals surface area contributed by atoms with Gasteiger partial charge in [0.1, 0.15) is 61.0 Å². The molecule has 0 aliphatic carbocycles. The molecule has 0 aromatic carbocycles. The van der Waals surface area contributed by atoms with Crippen molar-refractivity contribution in [2.75, 3.05) is 19.8 Å². The molecule has 0 radical (unpaired) electrons. The van der Waals surface area contributed by atoms with Crippen LogP contribution in [0.25, 0.3) is 0 Å². The van der Waals surface area contributed by atoms with Crippen molar-refractivity contribution in [1.82, 2.24) is 0 Å². The summed E-state index contributed by atoms with van der Waals surface area (Å²) in [6, 6.07) is 0. The van der Waals surface area contributed by atoms with E-state index in [0.717, 1.165) is 0 Å². The maximum absolute atomic E-state index is 11.0. The largest absolute Gasteiger partial charge is 0.394 e. The lowest BCUT2D eigenvalue weighted by Gasteiger charge is -2.43. The molecule has 176 valence electrons. The summed E-state index contributed by atoms with van der Waals surface area (Å²) >= 11 is 0. The second-order valence-corrected chi connectivity index (χ2v) is 7.03. The zero-order chi connectivity index (χ0) is 22.6. The topological polar surface area (TPSA) is 236 Å². The van der Waals surface area contributed by atoms with Crippen molar-refractivity contribution < 1.29 is 69.7 Å². The molecule has 0 spiro atoms. The summed E-state index contributed by atoms with van der Waals surface area (Å²) < 4.78 is 20.7. The second-order valence-electron chi connectivity index (χ2n) is 7.03. The lowest BCUT2D eigenvalue weighted by atomic mass is 9.98. The molecule has 0 bridgehead atoms. The van der Waals surface area contributed by atoms with Crippen LogP contribution in [0.5, 0.6) is 0 Å². The third-order valence-electron chi connectivity index (χ3n) is 4.93. The van der Waals surface area contributed by atoms with Crippen molar-refractivity contribution in [3.05, 3.63) is 0 Å². The standard InChI is InChI=1S/C16H28O14/c17-1-5(20)6(2-18)28-16-14(26)12(24)10(22)8(30-16)4-27-15-13(25)11(23)9(21)7(3-19)29-15/h2,5-17,19-26H,1,3-4H2/t5-,6+,7-,8-,9-,10-,11+,12+,13-,14-,15+,16+/m1/s1. The molecule has 0 aromatic heterocycles. The van der Waals surface area contributed by atoms with Gasteiger partial charge in [-0.3, -0.25) is 0 Å². The first-order valence-electron chi connectivity index (χ1n) is 9.17. The van der Waals surface area contributed by atoms with Crippen molar-refractivity contribution in [3.63, 3.8) is 0 Å². The lowest BCUT2D eigenvalue weighted by Crippen LogP contribution is -2.62. The minimum Gasteiger partial charge on any atom is -0.394 e. The Morgan fingerprint density at radius 3 is 1.87 bits per heavy atom. The first kappa shape index (κ1) is 25.4. The van der Waals surface area contributed by atoms with E-state index in [2.05, 4.69) is 0 Å². The van der Waals surface area contributed by atoms with Crippen LogP contribution in [0.3, 0.4) is 0 Å². The Balaban J connectivity index is 2.02. The van der Waals surface area contributed by atoms with E-state index in [1.54, 1.807) is 0 Å². The molecule has 0 unspecified atom stereocenters. The van der Waals surface area contributed by atoms with Gasteiger partial charge >= 0.3 is 0 Å². The summed E-state index contributed by atoms with van der Waals surface area (Å²) in [6.07, 6.45) is -19.3. The second kappa shape index (κ2) is 11.1. The van der Waals surface area contributed by atoms with Crippen LogP contribution >= 0.6 is 0 Å². The summed E-state index contributed by atoms with van der Waals surface area (Å²) in [4.78, 5) is 11.0. The number of rotatable bonds is 9. The van der Waals surface area contributed by atoms with Crippen molar-refractivity contribution in [1.29, 1.82) is 0 Å². The highest BCUT2D eigenvalue weighted by molar-refractivity contribution is 5.57. The molecule has 2 heterocycles. The summed E-state index contributed by atoms with van der Waals surface area (Å²) in [7, 11) is 0. The molecule has 0 aromatic rings. The molecule has 2 aliphatic heterocycles. The number of aliphatic hydroxyl groups is 9. The normalized spacial score (nSPS) is 44.4. The van der Waals surface area contributed by atoms with E-state index in [9.17, 15) is 45.6 Å². The van der Waals surface area contributed by atoms with E-state index in [1.807, 2.05) is 0 Å².